The van der Waals surface area contributed by atoms with E-state index in [2.05, 4.69) is 34.1 Å². The number of aromatic nitrogens is 1. The maximum absolute atomic E-state index is 13.0. The Morgan fingerprint density at radius 2 is 1.83 bits per heavy atom. The smallest absolute Gasteiger partial charge is 0.339 e. The minimum Gasteiger partial charge on any atom is -0.465 e. The van der Waals surface area contributed by atoms with Crippen molar-refractivity contribution < 1.29 is 14.3 Å². The van der Waals surface area contributed by atoms with Crippen molar-refractivity contribution in [3.05, 3.63) is 52.8 Å². The summed E-state index contributed by atoms with van der Waals surface area (Å²) in [6.45, 7) is 7.90. The molecule has 1 aromatic heterocycles. The van der Waals surface area contributed by atoms with E-state index in [9.17, 15) is 9.59 Å². The first-order valence-electron chi connectivity index (χ1n) is 10.0. The number of benzene rings is 1. The molecule has 3 rings (SSSR count). The summed E-state index contributed by atoms with van der Waals surface area (Å²) < 4.78 is 4.89. The molecule has 0 atom stereocenters. The minimum absolute atomic E-state index is 0.0364. The van der Waals surface area contributed by atoms with Crippen LogP contribution < -0.4 is 0 Å². The van der Waals surface area contributed by atoms with Crippen LogP contribution in [0.25, 0.3) is 0 Å². The van der Waals surface area contributed by atoms with Gasteiger partial charge < -0.3 is 14.6 Å². The first-order chi connectivity index (χ1) is 14.0. The molecule has 156 valence electrons. The molecule has 2 aromatic rings. The highest BCUT2D eigenvalue weighted by atomic mass is 32.2. The number of hydrogen-bond donors (Lipinski definition) is 1. The van der Waals surface area contributed by atoms with Gasteiger partial charge in [-0.2, -0.15) is 0 Å². The Kier molecular flexibility index (Phi) is 7.39. The number of piperazine rings is 1. The molecule has 6 nitrogen and oxygen atoms in total. The maximum atomic E-state index is 13.0. The van der Waals surface area contributed by atoms with Crippen LogP contribution >= 0.6 is 11.8 Å². The number of rotatable bonds is 7. The topological polar surface area (TPSA) is 65.6 Å². The zero-order chi connectivity index (χ0) is 20.8. The first-order valence-corrected chi connectivity index (χ1v) is 11.0. The van der Waals surface area contributed by atoms with Crippen LogP contribution in [-0.4, -0.2) is 72.2 Å². The van der Waals surface area contributed by atoms with Gasteiger partial charge in [-0.15, -0.1) is 11.8 Å². The summed E-state index contributed by atoms with van der Waals surface area (Å²) in [5, 5.41) is 0. The lowest BCUT2D eigenvalue weighted by Crippen LogP contribution is -2.49. The van der Waals surface area contributed by atoms with Crippen molar-refractivity contribution in [3.8, 4) is 0 Å². The zero-order valence-corrected chi connectivity index (χ0v) is 18.2. The molecular weight excluding hydrogens is 386 g/mol. The van der Waals surface area contributed by atoms with Crippen LogP contribution in [0.1, 0.15) is 39.0 Å². The van der Waals surface area contributed by atoms with E-state index in [1.54, 1.807) is 0 Å². The third-order valence-corrected chi connectivity index (χ3v) is 6.36. The fourth-order valence-electron chi connectivity index (χ4n) is 3.66. The van der Waals surface area contributed by atoms with E-state index in [1.807, 2.05) is 36.6 Å². The van der Waals surface area contributed by atoms with E-state index in [-0.39, 0.29) is 5.91 Å². The molecule has 1 aliphatic rings. The minimum atomic E-state index is -0.393. The van der Waals surface area contributed by atoms with Gasteiger partial charge in [0.1, 0.15) is 5.69 Å². The van der Waals surface area contributed by atoms with Crippen molar-refractivity contribution in [2.24, 2.45) is 0 Å². The molecule has 0 radical (unpaired) electrons. The second-order valence-electron chi connectivity index (χ2n) is 7.12. The molecule has 0 bridgehead atoms. The lowest BCUT2D eigenvalue weighted by atomic mass is 10.1. The SMILES string of the molecule is CCc1[nH]c(C(=O)N2CCN(CCSc3ccccc3)CC2)c(C)c1C(=O)OC. The van der Waals surface area contributed by atoms with Gasteiger partial charge in [-0.3, -0.25) is 9.69 Å². The van der Waals surface area contributed by atoms with Crippen molar-refractivity contribution in [2.45, 2.75) is 25.2 Å². The average molecular weight is 416 g/mol. The number of carbonyl (C=O) groups excluding carboxylic acids is 2. The number of H-pyrrole nitrogens is 1. The lowest BCUT2D eigenvalue weighted by molar-refractivity contribution is 0.0599. The van der Waals surface area contributed by atoms with E-state index < -0.39 is 5.97 Å². The summed E-state index contributed by atoms with van der Waals surface area (Å²) in [7, 11) is 1.37. The predicted molar refractivity (Wildman–Crippen MR) is 116 cm³/mol. The second-order valence-corrected chi connectivity index (χ2v) is 8.29. The van der Waals surface area contributed by atoms with Crippen molar-refractivity contribution in [3.63, 3.8) is 0 Å². The third kappa shape index (κ3) is 5.03. The van der Waals surface area contributed by atoms with Crippen LogP contribution in [0.2, 0.25) is 0 Å². The molecule has 1 amide bonds. The number of methoxy groups -OCH3 is 1. The fraction of sp³-hybridized carbons (Fsp3) is 0.455. The Morgan fingerprint density at radius 1 is 1.14 bits per heavy atom. The molecule has 1 fully saturated rings. The molecule has 0 unspecified atom stereocenters. The van der Waals surface area contributed by atoms with Gasteiger partial charge in [0, 0.05) is 49.1 Å². The quantitative estimate of drug-likeness (QED) is 0.556. The Balaban J connectivity index is 1.55. The largest absolute Gasteiger partial charge is 0.465 e. The van der Waals surface area contributed by atoms with Crippen molar-refractivity contribution in [1.82, 2.24) is 14.8 Å². The van der Waals surface area contributed by atoms with Crippen LogP contribution in [0, 0.1) is 6.92 Å². The van der Waals surface area contributed by atoms with Gasteiger partial charge in [-0.25, -0.2) is 4.79 Å². The zero-order valence-electron chi connectivity index (χ0n) is 17.4. The van der Waals surface area contributed by atoms with Crippen LogP contribution in [0.15, 0.2) is 35.2 Å². The summed E-state index contributed by atoms with van der Waals surface area (Å²) in [4.78, 5) is 33.9. The number of hydrogen-bond acceptors (Lipinski definition) is 5. The third-order valence-electron chi connectivity index (χ3n) is 5.36. The lowest BCUT2D eigenvalue weighted by Gasteiger charge is -2.34. The monoisotopic (exact) mass is 415 g/mol. The van der Waals surface area contributed by atoms with Crippen molar-refractivity contribution in [1.29, 1.82) is 0 Å². The summed E-state index contributed by atoms with van der Waals surface area (Å²) in [5.74, 6) is 0.608. The van der Waals surface area contributed by atoms with Gasteiger partial charge in [0.25, 0.3) is 5.91 Å². The van der Waals surface area contributed by atoms with Crippen LogP contribution in [-0.2, 0) is 11.2 Å². The van der Waals surface area contributed by atoms with Gasteiger partial charge in [0.2, 0.25) is 0 Å². The maximum Gasteiger partial charge on any atom is 0.339 e. The molecule has 1 aromatic carbocycles. The number of nitrogens with one attached hydrogen (secondary N) is 1. The van der Waals surface area contributed by atoms with E-state index in [0.29, 0.717) is 36.3 Å². The van der Waals surface area contributed by atoms with Gasteiger partial charge in [0.05, 0.1) is 12.7 Å². The number of esters is 1. The number of nitrogens with zero attached hydrogens (tertiary/aromatic N) is 2. The highest BCUT2D eigenvalue weighted by Crippen LogP contribution is 2.22. The summed E-state index contributed by atoms with van der Waals surface area (Å²) in [6.07, 6.45) is 0.644. The fourth-order valence-corrected chi connectivity index (χ4v) is 4.59. The van der Waals surface area contributed by atoms with Gasteiger partial charge in [-0.1, -0.05) is 25.1 Å². The van der Waals surface area contributed by atoms with Crippen LogP contribution in [0.5, 0.6) is 0 Å². The highest BCUT2D eigenvalue weighted by Gasteiger charge is 2.28. The molecule has 0 spiro atoms. The van der Waals surface area contributed by atoms with Gasteiger partial charge >= 0.3 is 5.97 Å². The molecule has 7 heteroatoms. The normalized spacial score (nSPS) is 14.8. The molecule has 0 aliphatic carbocycles. The molecule has 1 aliphatic heterocycles. The number of carbonyl (C=O) groups is 2. The van der Waals surface area contributed by atoms with E-state index >= 15 is 0 Å². The molecule has 2 heterocycles. The molecule has 1 saturated heterocycles. The van der Waals surface area contributed by atoms with Gasteiger partial charge in [-0.05, 0) is 31.0 Å². The Labute approximate surface area is 176 Å². The summed E-state index contributed by atoms with van der Waals surface area (Å²) in [6, 6.07) is 10.4. The molecular formula is C22H29N3O3S. The number of amides is 1. The number of ether oxygens (including phenoxy) is 1. The van der Waals surface area contributed by atoms with Crippen molar-refractivity contribution in [2.75, 3.05) is 45.6 Å². The van der Waals surface area contributed by atoms with E-state index in [1.165, 1.54) is 12.0 Å². The second kappa shape index (κ2) is 9.98. The first kappa shape index (κ1) is 21.5. The van der Waals surface area contributed by atoms with E-state index in [0.717, 1.165) is 31.1 Å². The molecule has 1 N–H and O–H groups in total. The predicted octanol–water partition coefficient (Wildman–Crippen LogP) is 3.22. The summed E-state index contributed by atoms with van der Waals surface area (Å²) >= 11 is 1.86. The number of aromatic amines is 1. The highest BCUT2D eigenvalue weighted by molar-refractivity contribution is 7.99. The van der Waals surface area contributed by atoms with Crippen LogP contribution in [0.3, 0.4) is 0 Å². The van der Waals surface area contributed by atoms with E-state index in [4.69, 9.17) is 4.74 Å². The average Bonchev–Trinajstić information content (AvgIpc) is 3.10. The standard InChI is InChI=1S/C22H29N3O3S/c1-4-18-19(22(27)28-3)16(2)20(23-18)21(26)25-12-10-24(11-13-25)14-15-29-17-8-6-5-7-9-17/h5-9,23H,4,10-15H2,1-3H3. The van der Waals surface area contributed by atoms with Crippen LogP contribution in [0.4, 0.5) is 0 Å². The Bertz CT molecular complexity index is 842. The number of thioether (sulfide) groups is 1. The number of aryl methyl sites for hydroxylation is 1. The molecule has 29 heavy (non-hydrogen) atoms. The summed E-state index contributed by atoms with van der Waals surface area (Å²) in [5.41, 5.74) is 2.44. The molecule has 0 saturated carbocycles. The Hall–Kier alpha value is -2.25. The van der Waals surface area contributed by atoms with Crippen molar-refractivity contribution >= 4 is 23.6 Å². The van der Waals surface area contributed by atoms with Gasteiger partial charge in [0.15, 0.2) is 0 Å². The Morgan fingerprint density at radius 3 is 2.45 bits per heavy atom.